The zero-order valence-electron chi connectivity index (χ0n) is 18.0. The summed E-state index contributed by atoms with van der Waals surface area (Å²) < 4.78 is 6.45. The van der Waals surface area contributed by atoms with E-state index in [2.05, 4.69) is 37.1 Å². The van der Waals surface area contributed by atoms with Crippen molar-refractivity contribution in [1.82, 2.24) is 10.2 Å². The number of nitrogens with zero attached hydrogens (tertiary/aromatic N) is 3. The number of nitriles is 1. The van der Waals surface area contributed by atoms with Crippen LogP contribution in [0.2, 0.25) is 0 Å². The number of hydrogen-bond acceptors (Lipinski definition) is 5. The highest BCUT2D eigenvalue weighted by atomic mass is 79.9. The first-order valence-electron chi connectivity index (χ1n) is 10.6. The molecule has 1 amide bonds. The average Bonchev–Trinajstić information content (AvgIpc) is 2.84. The molecule has 0 radical (unpaired) electrons. The number of para-hydroxylation sites is 1. The number of benzene rings is 3. The Bertz CT molecular complexity index is 1170. The van der Waals surface area contributed by atoms with Crippen LogP contribution in [0.3, 0.4) is 0 Å². The van der Waals surface area contributed by atoms with Gasteiger partial charge in [-0.2, -0.15) is 5.26 Å². The topological polar surface area (TPSA) is 68.6 Å². The molecular weight excluding hydrogens is 468 g/mol. The summed E-state index contributed by atoms with van der Waals surface area (Å²) in [5, 5.41) is 14.3. The van der Waals surface area contributed by atoms with Crippen molar-refractivity contribution in [3.8, 4) is 11.8 Å². The van der Waals surface area contributed by atoms with Crippen molar-refractivity contribution in [1.29, 1.82) is 5.26 Å². The summed E-state index contributed by atoms with van der Waals surface area (Å²) in [6.07, 6.45) is 0. The number of rotatable bonds is 6. The van der Waals surface area contributed by atoms with E-state index in [-0.39, 0.29) is 5.91 Å². The lowest BCUT2D eigenvalue weighted by molar-refractivity contribution is 0.0945. The Morgan fingerprint density at radius 3 is 2.50 bits per heavy atom. The minimum absolute atomic E-state index is 0.144. The monoisotopic (exact) mass is 492 g/mol. The molecule has 4 rings (SSSR count). The van der Waals surface area contributed by atoms with Crippen LogP contribution in [0.15, 0.2) is 59.1 Å². The number of carbonyl (C=O) groups excluding carboxylic acids is 1. The van der Waals surface area contributed by atoms with Crippen LogP contribution < -0.4 is 15.0 Å². The molecule has 1 N–H and O–H groups in total. The van der Waals surface area contributed by atoms with Gasteiger partial charge in [-0.05, 0) is 23.6 Å². The maximum Gasteiger partial charge on any atom is 0.255 e. The molecule has 0 saturated carbocycles. The Labute approximate surface area is 196 Å². The SMILES string of the molecule is COc1c(C(=O)NCCN2CCN(c3ccccc3C#N)CC2)cc(Br)c2ccccc12. The second-order valence-corrected chi connectivity index (χ2v) is 8.55. The molecule has 0 unspecified atom stereocenters. The van der Waals surface area contributed by atoms with Gasteiger partial charge >= 0.3 is 0 Å². The molecule has 6 nitrogen and oxygen atoms in total. The summed E-state index contributed by atoms with van der Waals surface area (Å²) in [6, 6.07) is 19.7. The summed E-state index contributed by atoms with van der Waals surface area (Å²) >= 11 is 3.58. The van der Waals surface area contributed by atoms with Gasteiger partial charge in [0.25, 0.3) is 5.91 Å². The van der Waals surface area contributed by atoms with Gasteiger partial charge in [-0.1, -0.05) is 52.3 Å². The predicted molar refractivity (Wildman–Crippen MR) is 130 cm³/mol. The summed E-state index contributed by atoms with van der Waals surface area (Å²) in [4.78, 5) is 17.5. The minimum Gasteiger partial charge on any atom is -0.495 e. The van der Waals surface area contributed by atoms with Crippen LogP contribution in [0.5, 0.6) is 5.75 Å². The van der Waals surface area contributed by atoms with Crippen molar-refractivity contribution in [3.63, 3.8) is 0 Å². The third kappa shape index (κ3) is 4.57. The first kappa shape index (κ1) is 22.1. The number of ether oxygens (including phenoxy) is 1. The molecule has 1 aliphatic heterocycles. The molecule has 164 valence electrons. The van der Waals surface area contributed by atoms with Crippen LogP contribution in [0.4, 0.5) is 5.69 Å². The molecule has 1 saturated heterocycles. The fraction of sp³-hybridized carbons (Fsp3) is 0.280. The molecule has 1 fully saturated rings. The van der Waals surface area contributed by atoms with E-state index in [0.717, 1.165) is 53.7 Å². The molecule has 0 bridgehead atoms. The number of piperazine rings is 1. The van der Waals surface area contributed by atoms with Crippen LogP contribution >= 0.6 is 15.9 Å². The number of hydrogen-bond donors (Lipinski definition) is 1. The molecule has 3 aromatic carbocycles. The van der Waals surface area contributed by atoms with Crippen molar-refractivity contribution >= 4 is 38.3 Å². The van der Waals surface area contributed by atoms with E-state index >= 15 is 0 Å². The molecule has 0 aliphatic carbocycles. The lowest BCUT2D eigenvalue weighted by Crippen LogP contribution is -2.48. The zero-order valence-corrected chi connectivity index (χ0v) is 19.6. The standard InChI is InChI=1S/C25H25BrN4O2/c1-32-24-20-8-4-3-7-19(20)22(26)16-21(24)25(31)28-10-11-29-12-14-30(15-13-29)23-9-5-2-6-18(23)17-27/h2-9,16H,10-15H2,1H3,(H,28,31). The highest BCUT2D eigenvalue weighted by molar-refractivity contribution is 9.10. The third-order valence-corrected chi connectivity index (χ3v) is 6.50. The number of amides is 1. The number of nitrogens with one attached hydrogen (secondary N) is 1. The van der Waals surface area contributed by atoms with E-state index in [0.29, 0.717) is 23.4 Å². The molecule has 7 heteroatoms. The summed E-state index contributed by atoms with van der Waals surface area (Å²) in [5.74, 6) is 0.445. The van der Waals surface area contributed by atoms with Crippen LogP contribution in [0, 0.1) is 11.3 Å². The first-order chi connectivity index (χ1) is 15.6. The normalized spacial score (nSPS) is 14.2. The Hall–Kier alpha value is -3.08. The maximum atomic E-state index is 12.9. The highest BCUT2D eigenvalue weighted by Crippen LogP contribution is 2.35. The lowest BCUT2D eigenvalue weighted by Gasteiger charge is -2.36. The fourth-order valence-corrected chi connectivity index (χ4v) is 4.75. The van der Waals surface area contributed by atoms with Gasteiger partial charge in [0.05, 0.1) is 23.9 Å². The molecule has 32 heavy (non-hydrogen) atoms. The highest BCUT2D eigenvalue weighted by Gasteiger charge is 2.20. The molecular formula is C25H25BrN4O2. The molecule has 3 aromatic rings. The number of carbonyl (C=O) groups is 1. The van der Waals surface area contributed by atoms with Crippen molar-refractivity contribution in [2.45, 2.75) is 0 Å². The quantitative estimate of drug-likeness (QED) is 0.562. The van der Waals surface area contributed by atoms with Gasteiger partial charge in [0.1, 0.15) is 11.8 Å². The molecule has 0 atom stereocenters. The second-order valence-electron chi connectivity index (χ2n) is 7.70. The van der Waals surface area contributed by atoms with Crippen LogP contribution in [-0.4, -0.2) is 57.2 Å². The van der Waals surface area contributed by atoms with E-state index in [4.69, 9.17) is 4.74 Å². The van der Waals surface area contributed by atoms with Crippen molar-refractivity contribution in [2.24, 2.45) is 0 Å². The van der Waals surface area contributed by atoms with Crippen LogP contribution in [0.25, 0.3) is 10.8 Å². The van der Waals surface area contributed by atoms with Gasteiger partial charge in [0, 0.05) is 49.1 Å². The zero-order chi connectivity index (χ0) is 22.5. The fourth-order valence-electron chi connectivity index (χ4n) is 4.17. The Balaban J connectivity index is 1.34. The molecule has 0 aromatic heterocycles. The second kappa shape index (κ2) is 10.0. The van der Waals surface area contributed by atoms with E-state index in [9.17, 15) is 10.1 Å². The molecule has 0 spiro atoms. The Morgan fingerprint density at radius 2 is 1.78 bits per heavy atom. The van der Waals surface area contributed by atoms with Gasteiger partial charge in [0.15, 0.2) is 0 Å². The van der Waals surface area contributed by atoms with Crippen molar-refractivity contribution < 1.29 is 9.53 Å². The Kier molecular flexibility index (Phi) is 6.93. The van der Waals surface area contributed by atoms with Gasteiger partial charge < -0.3 is 15.0 Å². The molecule has 1 heterocycles. The maximum absolute atomic E-state index is 12.9. The first-order valence-corrected chi connectivity index (χ1v) is 11.4. The van der Waals surface area contributed by atoms with Crippen molar-refractivity contribution in [2.75, 3.05) is 51.3 Å². The van der Waals surface area contributed by atoms with E-state index < -0.39 is 0 Å². The lowest BCUT2D eigenvalue weighted by atomic mass is 10.0. The number of methoxy groups -OCH3 is 1. The smallest absolute Gasteiger partial charge is 0.255 e. The number of anilines is 1. The minimum atomic E-state index is -0.144. The molecule has 1 aliphatic rings. The average molecular weight is 493 g/mol. The van der Waals surface area contributed by atoms with Gasteiger partial charge in [-0.25, -0.2) is 0 Å². The summed E-state index contributed by atoms with van der Waals surface area (Å²) in [5.41, 5.74) is 2.23. The van der Waals surface area contributed by atoms with E-state index in [1.54, 1.807) is 7.11 Å². The van der Waals surface area contributed by atoms with Gasteiger partial charge in [-0.15, -0.1) is 0 Å². The third-order valence-electron chi connectivity index (χ3n) is 5.84. The van der Waals surface area contributed by atoms with Crippen LogP contribution in [0.1, 0.15) is 15.9 Å². The van der Waals surface area contributed by atoms with Gasteiger partial charge in [0.2, 0.25) is 0 Å². The number of halogens is 1. The van der Waals surface area contributed by atoms with Gasteiger partial charge in [-0.3, -0.25) is 9.69 Å². The number of fused-ring (bicyclic) bond motifs is 1. The van der Waals surface area contributed by atoms with E-state index in [1.807, 2.05) is 54.6 Å². The predicted octanol–water partition coefficient (Wildman–Crippen LogP) is 4.03. The largest absolute Gasteiger partial charge is 0.495 e. The summed E-state index contributed by atoms with van der Waals surface area (Å²) in [7, 11) is 1.59. The van der Waals surface area contributed by atoms with Crippen LogP contribution in [-0.2, 0) is 0 Å². The van der Waals surface area contributed by atoms with Crippen molar-refractivity contribution in [3.05, 3.63) is 70.2 Å². The summed E-state index contributed by atoms with van der Waals surface area (Å²) in [6.45, 7) is 4.83. The van der Waals surface area contributed by atoms with E-state index in [1.165, 1.54) is 0 Å². The Morgan fingerprint density at radius 1 is 1.09 bits per heavy atom.